The molecular formula is C33H36Cl2FN5O5. The molecule has 0 bridgehead atoms. The van der Waals surface area contributed by atoms with E-state index in [9.17, 15) is 28.4 Å². The van der Waals surface area contributed by atoms with Crippen molar-refractivity contribution < 1.29 is 28.4 Å². The molecule has 10 nitrogen and oxygen atoms in total. The lowest BCUT2D eigenvalue weighted by molar-refractivity contribution is -0.141. The quantitative estimate of drug-likeness (QED) is 0.192. The molecule has 46 heavy (non-hydrogen) atoms. The van der Waals surface area contributed by atoms with Crippen LogP contribution in [0.25, 0.3) is 10.9 Å². The van der Waals surface area contributed by atoms with Crippen molar-refractivity contribution in [2.24, 2.45) is 5.92 Å². The topological polar surface area (TPSA) is 149 Å². The van der Waals surface area contributed by atoms with Crippen LogP contribution >= 0.6 is 23.2 Å². The van der Waals surface area contributed by atoms with Crippen molar-refractivity contribution >= 4 is 63.5 Å². The van der Waals surface area contributed by atoms with Crippen molar-refractivity contribution in [2.75, 3.05) is 6.54 Å². The molecule has 1 saturated carbocycles. The number of amides is 4. The van der Waals surface area contributed by atoms with Crippen LogP contribution in [-0.4, -0.2) is 59.1 Å². The van der Waals surface area contributed by atoms with Crippen LogP contribution in [0.15, 0.2) is 42.5 Å². The Labute approximate surface area is 275 Å². The molecule has 0 radical (unpaired) electrons. The number of H-pyrrole nitrogens is 1. The van der Waals surface area contributed by atoms with E-state index < -0.39 is 47.3 Å². The van der Waals surface area contributed by atoms with Gasteiger partial charge >= 0.3 is 0 Å². The van der Waals surface area contributed by atoms with Gasteiger partial charge in [-0.1, -0.05) is 54.6 Å². The number of nitrogens with one attached hydrogen (secondary N) is 5. The lowest BCUT2D eigenvalue weighted by Crippen LogP contribution is -2.56. The number of benzene rings is 2. The highest BCUT2D eigenvalue weighted by Gasteiger charge is 2.36. The Morgan fingerprint density at radius 2 is 1.72 bits per heavy atom. The number of carbonyl (C=O) groups is 5. The molecule has 1 aromatic heterocycles. The number of carbonyl (C=O) groups excluding carboxylic acids is 5. The minimum atomic E-state index is -1.33. The van der Waals surface area contributed by atoms with Crippen molar-refractivity contribution in [3.05, 3.63) is 69.6 Å². The Hall–Kier alpha value is -3.96. The van der Waals surface area contributed by atoms with E-state index in [2.05, 4.69) is 26.3 Å². The number of aromatic amines is 1. The van der Waals surface area contributed by atoms with Crippen LogP contribution in [0.2, 0.25) is 10.0 Å². The zero-order valence-electron chi connectivity index (χ0n) is 25.1. The number of ketones is 1. The van der Waals surface area contributed by atoms with Gasteiger partial charge in [0.1, 0.15) is 17.6 Å². The van der Waals surface area contributed by atoms with Crippen molar-refractivity contribution in [1.82, 2.24) is 26.3 Å². The van der Waals surface area contributed by atoms with Gasteiger partial charge < -0.3 is 26.3 Å². The molecule has 2 aliphatic rings. The van der Waals surface area contributed by atoms with Gasteiger partial charge in [-0.05, 0) is 68.0 Å². The second-order valence-electron chi connectivity index (χ2n) is 12.0. The smallest absolute Gasteiger partial charge is 0.289 e. The first kappa shape index (κ1) is 33.4. The Morgan fingerprint density at radius 3 is 2.46 bits per heavy atom. The van der Waals surface area contributed by atoms with Gasteiger partial charge in [0, 0.05) is 40.9 Å². The number of Topliss-reactive ketones (excluding diaryl/α,β-unsaturated/α-hetero) is 1. The summed E-state index contributed by atoms with van der Waals surface area (Å²) >= 11 is 12.4. The lowest BCUT2D eigenvalue weighted by atomic mass is 9.89. The summed E-state index contributed by atoms with van der Waals surface area (Å²) < 4.78 is 14.1. The standard InChI is InChI=1S/C33H36Cl2FN5O5/c34-20-15-24(35)23-17-28(39-25(23)16-20)32(45)41-27(13-18-6-4-8-21(36)12-18)31(44)40-26(14-19-7-5-11-37-30(19)43)29(42)33(46)38-22-9-2-1-3-10-22/h4,6,8,12,15-17,19,22,26-27,39H,1-3,5,7,9-11,13-14H2,(H,37,43)(H,38,46)(H,40,44)(H,41,45)/t19-,26-,27-/m0/s1. The summed E-state index contributed by atoms with van der Waals surface area (Å²) in [6.07, 6.45) is 5.44. The van der Waals surface area contributed by atoms with Crippen LogP contribution in [0.4, 0.5) is 4.39 Å². The molecule has 4 amide bonds. The molecule has 1 aliphatic heterocycles. The molecule has 2 fully saturated rings. The third-order valence-corrected chi connectivity index (χ3v) is 9.10. The van der Waals surface area contributed by atoms with E-state index in [1.54, 1.807) is 12.1 Å². The maximum Gasteiger partial charge on any atom is 0.289 e. The molecule has 244 valence electrons. The Balaban J connectivity index is 1.39. The molecule has 5 N–H and O–H groups in total. The molecule has 2 heterocycles. The average molecular weight is 673 g/mol. The summed E-state index contributed by atoms with van der Waals surface area (Å²) in [6.45, 7) is 0.509. The van der Waals surface area contributed by atoms with Gasteiger partial charge in [-0.25, -0.2) is 4.39 Å². The first-order chi connectivity index (χ1) is 22.1. The van der Waals surface area contributed by atoms with Crippen LogP contribution in [0.1, 0.15) is 67.4 Å². The van der Waals surface area contributed by atoms with Gasteiger partial charge in [0.2, 0.25) is 17.6 Å². The Kier molecular flexibility index (Phi) is 11.0. The van der Waals surface area contributed by atoms with Gasteiger partial charge in [-0.15, -0.1) is 0 Å². The fourth-order valence-corrected chi connectivity index (χ4v) is 6.69. The second-order valence-corrected chi connectivity index (χ2v) is 12.8. The molecule has 3 aromatic rings. The summed E-state index contributed by atoms with van der Waals surface area (Å²) in [5.74, 6) is -4.50. The van der Waals surface area contributed by atoms with Crippen LogP contribution < -0.4 is 21.3 Å². The number of piperidine rings is 1. The van der Waals surface area contributed by atoms with Gasteiger partial charge in [-0.3, -0.25) is 24.0 Å². The van der Waals surface area contributed by atoms with Crippen molar-refractivity contribution in [3.63, 3.8) is 0 Å². The number of rotatable bonds is 11. The molecule has 0 unspecified atom stereocenters. The first-order valence-corrected chi connectivity index (χ1v) is 16.3. The first-order valence-electron chi connectivity index (χ1n) is 15.5. The lowest BCUT2D eigenvalue weighted by Gasteiger charge is -2.28. The van der Waals surface area contributed by atoms with E-state index >= 15 is 0 Å². The van der Waals surface area contributed by atoms with Gasteiger partial charge in [0.05, 0.1) is 11.1 Å². The fraction of sp³-hybridized carbons (Fsp3) is 0.424. The summed E-state index contributed by atoms with van der Waals surface area (Å²) in [6, 6.07) is 7.49. The van der Waals surface area contributed by atoms with Gasteiger partial charge in [-0.2, -0.15) is 0 Å². The highest BCUT2D eigenvalue weighted by Crippen LogP contribution is 2.28. The van der Waals surface area contributed by atoms with Crippen LogP contribution in [0.3, 0.4) is 0 Å². The number of hydrogen-bond donors (Lipinski definition) is 5. The highest BCUT2D eigenvalue weighted by atomic mass is 35.5. The largest absolute Gasteiger partial charge is 0.356 e. The second kappa shape index (κ2) is 15.1. The molecule has 1 aliphatic carbocycles. The van der Waals surface area contributed by atoms with E-state index in [1.165, 1.54) is 30.3 Å². The number of fused-ring (bicyclic) bond motifs is 1. The summed E-state index contributed by atoms with van der Waals surface area (Å²) in [4.78, 5) is 69.5. The molecule has 13 heteroatoms. The van der Waals surface area contributed by atoms with E-state index in [4.69, 9.17) is 23.2 Å². The molecule has 5 rings (SSSR count). The Bertz CT molecular complexity index is 1640. The van der Waals surface area contributed by atoms with Crippen LogP contribution in [0, 0.1) is 11.7 Å². The number of hydrogen-bond acceptors (Lipinski definition) is 5. The van der Waals surface area contributed by atoms with Gasteiger partial charge in [0.15, 0.2) is 0 Å². The van der Waals surface area contributed by atoms with E-state index in [0.29, 0.717) is 45.9 Å². The minimum Gasteiger partial charge on any atom is -0.356 e. The van der Waals surface area contributed by atoms with E-state index in [0.717, 1.165) is 32.1 Å². The van der Waals surface area contributed by atoms with E-state index in [1.807, 2.05) is 0 Å². The molecule has 1 saturated heterocycles. The Morgan fingerprint density at radius 1 is 0.935 bits per heavy atom. The highest BCUT2D eigenvalue weighted by molar-refractivity contribution is 6.39. The maximum atomic E-state index is 14.1. The molecule has 3 atom stereocenters. The molecule has 0 spiro atoms. The summed E-state index contributed by atoms with van der Waals surface area (Å²) in [7, 11) is 0. The van der Waals surface area contributed by atoms with Gasteiger partial charge in [0.25, 0.3) is 11.8 Å². The normalized spacial score (nSPS) is 18.3. The zero-order chi connectivity index (χ0) is 32.8. The zero-order valence-corrected chi connectivity index (χ0v) is 26.6. The molecular weight excluding hydrogens is 636 g/mol. The summed E-state index contributed by atoms with van der Waals surface area (Å²) in [5, 5.41) is 12.1. The predicted molar refractivity (Wildman–Crippen MR) is 172 cm³/mol. The fourth-order valence-electron chi connectivity index (χ4n) is 6.14. The maximum absolute atomic E-state index is 14.1. The van der Waals surface area contributed by atoms with Crippen LogP contribution in [0.5, 0.6) is 0 Å². The average Bonchev–Trinajstić information content (AvgIpc) is 3.46. The van der Waals surface area contributed by atoms with Crippen LogP contribution in [-0.2, 0) is 25.6 Å². The van der Waals surface area contributed by atoms with E-state index in [-0.39, 0.29) is 30.5 Å². The SMILES string of the molecule is O=C(NC1CCCCC1)C(=O)[C@H](C[C@@H]1CCCNC1=O)NC(=O)[C@H](Cc1cccc(F)c1)NC(=O)c1cc2c(Cl)cc(Cl)cc2[nH]1. The number of aromatic nitrogens is 1. The molecule has 2 aromatic carbocycles. The van der Waals surface area contributed by atoms with Crippen molar-refractivity contribution in [1.29, 1.82) is 0 Å². The minimum absolute atomic E-state index is 0.0869. The predicted octanol–water partition coefficient (Wildman–Crippen LogP) is 4.37. The third kappa shape index (κ3) is 8.44. The third-order valence-electron chi connectivity index (χ3n) is 8.56. The van der Waals surface area contributed by atoms with Crippen molar-refractivity contribution in [3.8, 4) is 0 Å². The summed E-state index contributed by atoms with van der Waals surface area (Å²) in [5.41, 5.74) is 1.01. The number of halogens is 3. The van der Waals surface area contributed by atoms with Crippen molar-refractivity contribution in [2.45, 2.75) is 75.9 Å². The monoisotopic (exact) mass is 671 g/mol.